The number of halogens is 1. The van der Waals surface area contributed by atoms with Crippen molar-refractivity contribution in [3.8, 4) is 11.5 Å². The maximum absolute atomic E-state index is 10.6. The van der Waals surface area contributed by atoms with E-state index in [0.717, 1.165) is 40.3 Å². The van der Waals surface area contributed by atoms with Crippen LogP contribution in [0.15, 0.2) is 53.5 Å². The third-order valence-corrected chi connectivity index (χ3v) is 5.91. The molecule has 0 amide bonds. The Kier molecular flexibility index (Phi) is 10.4. The van der Waals surface area contributed by atoms with Gasteiger partial charge in [0.25, 0.3) is 0 Å². The summed E-state index contributed by atoms with van der Waals surface area (Å²) < 4.78 is 11.8. The number of nitrogens with one attached hydrogen (secondary N) is 2. The fourth-order valence-corrected chi connectivity index (χ4v) is 4.18. The molecule has 8 heteroatoms. The average Bonchev–Trinajstić information content (AvgIpc) is 3.21. The summed E-state index contributed by atoms with van der Waals surface area (Å²) in [5.41, 5.74) is 1.14. The maximum Gasteiger partial charge on any atom is 0.191 e. The molecular weight excluding hydrogens is 525 g/mol. The van der Waals surface area contributed by atoms with E-state index in [2.05, 4.69) is 27.8 Å². The van der Waals surface area contributed by atoms with Crippen molar-refractivity contribution in [1.29, 1.82) is 0 Å². The lowest BCUT2D eigenvalue weighted by Gasteiger charge is -2.13. The van der Waals surface area contributed by atoms with Crippen LogP contribution in [0.4, 0.5) is 0 Å². The third-order valence-electron chi connectivity index (χ3n) is 4.69. The molecule has 1 atom stereocenters. The van der Waals surface area contributed by atoms with Crippen LogP contribution in [0.1, 0.15) is 23.5 Å². The SMILES string of the molecule is CCNC(=NCC(O)c1cc2ccccc2s1)NCCc1ccc(OC)c(OC)c1.I. The minimum Gasteiger partial charge on any atom is -0.493 e. The fourth-order valence-electron chi connectivity index (χ4n) is 3.14. The Morgan fingerprint density at radius 1 is 1.06 bits per heavy atom. The Morgan fingerprint density at radius 3 is 2.55 bits per heavy atom. The van der Waals surface area contributed by atoms with Gasteiger partial charge in [-0.05, 0) is 48.6 Å². The molecule has 31 heavy (non-hydrogen) atoms. The highest BCUT2D eigenvalue weighted by atomic mass is 127. The van der Waals surface area contributed by atoms with Gasteiger partial charge in [-0.3, -0.25) is 4.99 Å². The van der Waals surface area contributed by atoms with E-state index in [-0.39, 0.29) is 24.0 Å². The van der Waals surface area contributed by atoms with Crippen molar-refractivity contribution in [2.45, 2.75) is 19.4 Å². The summed E-state index contributed by atoms with van der Waals surface area (Å²) in [6, 6.07) is 16.1. The van der Waals surface area contributed by atoms with Crippen LogP contribution in [-0.4, -0.2) is 44.9 Å². The zero-order valence-corrected chi connectivity index (χ0v) is 21.2. The van der Waals surface area contributed by atoms with Crippen LogP contribution in [-0.2, 0) is 6.42 Å². The number of benzene rings is 2. The zero-order chi connectivity index (χ0) is 21.3. The van der Waals surface area contributed by atoms with E-state index in [0.29, 0.717) is 19.0 Å². The van der Waals surface area contributed by atoms with Gasteiger partial charge in [0.15, 0.2) is 17.5 Å². The molecule has 0 saturated heterocycles. The van der Waals surface area contributed by atoms with Crippen molar-refractivity contribution in [2.24, 2.45) is 4.99 Å². The normalized spacial score (nSPS) is 12.2. The summed E-state index contributed by atoms with van der Waals surface area (Å²) in [4.78, 5) is 5.49. The van der Waals surface area contributed by atoms with Crippen molar-refractivity contribution < 1.29 is 14.6 Å². The number of aliphatic imine (C=N–C) groups is 1. The molecule has 0 bridgehead atoms. The second-order valence-electron chi connectivity index (χ2n) is 6.79. The highest BCUT2D eigenvalue weighted by Gasteiger charge is 2.11. The van der Waals surface area contributed by atoms with E-state index in [1.807, 2.05) is 43.3 Å². The molecule has 0 aliphatic heterocycles. The Labute approximate surface area is 204 Å². The highest BCUT2D eigenvalue weighted by molar-refractivity contribution is 14.0. The number of guanidine groups is 1. The van der Waals surface area contributed by atoms with Crippen molar-refractivity contribution in [1.82, 2.24) is 10.6 Å². The summed E-state index contributed by atoms with van der Waals surface area (Å²) in [5.74, 6) is 2.14. The molecule has 3 N–H and O–H groups in total. The van der Waals surface area contributed by atoms with Gasteiger partial charge < -0.3 is 25.2 Å². The molecule has 6 nitrogen and oxygen atoms in total. The summed E-state index contributed by atoms with van der Waals surface area (Å²) >= 11 is 1.61. The predicted octanol–water partition coefficient (Wildman–Crippen LogP) is 4.37. The standard InChI is InChI=1S/C23H29N3O3S.HI/c1-4-24-23(25-12-11-16-9-10-19(28-2)20(13-16)29-3)26-15-18(27)22-14-17-7-5-6-8-21(17)30-22;/h5-10,13-14,18,27H,4,11-12,15H2,1-3H3,(H2,24,25,26);1H. The number of methoxy groups -OCH3 is 2. The largest absolute Gasteiger partial charge is 0.493 e. The van der Waals surface area contributed by atoms with Crippen LogP contribution < -0.4 is 20.1 Å². The van der Waals surface area contributed by atoms with Crippen LogP contribution >= 0.6 is 35.3 Å². The first-order valence-electron chi connectivity index (χ1n) is 10.0. The molecule has 1 unspecified atom stereocenters. The molecule has 0 radical (unpaired) electrons. The number of nitrogens with zero attached hydrogens (tertiary/aromatic N) is 1. The summed E-state index contributed by atoms with van der Waals surface area (Å²) in [6.07, 6.45) is 0.188. The number of thiophene rings is 1. The van der Waals surface area contributed by atoms with Crippen LogP contribution in [0, 0.1) is 0 Å². The highest BCUT2D eigenvalue weighted by Crippen LogP contribution is 2.30. The van der Waals surface area contributed by atoms with E-state index < -0.39 is 6.10 Å². The Hall–Kier alpha value is -2.04. The number of fused-ring (bicyclic) bond motifs is 1. The number of ether oxygens (including phenoxy) is 2. The first-order chi connectivity index (χ1) is 14.6. The van der Waals surface area contributed by atoms with Crippen LogP contribution in [0.25, 0.3) is 10.1 Å². The average molecular weight is 555 g/mol. The number of rotatable bonds is 9. The number of hydrogen-bond acceptors (Lipinski definition) is 5. The van der Waals surface area contributed by atoms with Crippen molar-refractivity contribution in [2.75, 3.05) is 33.9 Å². The van der Waals surface area contributed by atoms with Crippen LogP contribution in [0.2, 0.25) is 0 Å². The minimum atomic E-state index is -0.622. The number of aliphatic hydroxyl groups excluding tert-OH is 1. The topological polar surface area (TPSA) is 75.1 Å². The zero-order valence-electron chi connectivity index (χ0n) is 18.1. The molecule has 3 aromatic rings. The molecule has 0 aliphatic rings. The van der Waals surface area contributed by atoms with E-state index in [9.17, 15) is 5.11 Å². The lowest BCUT2D eigenvalue weighted by atomic mass is 10.1. The summed E-state index contributed by atoms with van der Waals surface area (Å²) in [6.45, 7) is 3.79. The van der Waals surface area contributed by atoms with Gasteiger partial charge in [-0.2, -0.15) is 0 Å². The molecule has 0 saturated carbocycles. The van der Waals surface area contributed by atoms with Gasteiger partial charge in [0.05, 0.1) is 20.8 Å². The monoisotopic (exact) mass is 555 g/mol. The molecule has 1 heterocycles. The Morgan fingerprint density at radius 2 is 1.84 bits per heavy atom. The van der Waals surface area contributed by atoms with Gasteiger partial charge in [-0.25, -0.2) is 0 Å². The minimum absolute atomic E-state index is 0. The number of aliphatic hydroxyl groups is 1. The first kappa shape index (κ1) is 25.2. The summed E-state index contributed by atoms with van der Waals surface area (Å²) in [7, 11) is 3.27. The second kappa shape index (κ2) is 12.7. The van der Waals surface area contributed by atoms with Crippen molar-refractivity contribution in [3.05, 3.63) is 59.0 Å². The van der Waals surface area contributed by atoms with E-state index in [1.54, 1.807) is 25.6 Å². The van der Waals surface area contributed by atoms with Gasteiger partial charge >= 0.3 is 0 Å². The van der Waals surface area contributed by atoms with E-state index >= 15 is 0 Å². The third kappa shape index (κ3) is 6.98. The molecule has 168 valence electrons. The van der Waals surface area contributed by atoms with Gasteiger partial charge in [-0.1, -0.05) is 24.3 Å². The molecule has 3 rings (SSSR count). The Balaban J connectivity index is 0.00000341. The van der Waals surface area contributed by atoms with Gasteiger partial charge in [0.1, 0.15) is 6.10 Å². The molecular formula is C23H30IN3O3S. The van der Waals surface area contributed by atoms with Gasteiger partial charge in [0, 0.05) is 22.7 Å². The van der Waals surface area contributed by atoms with Gasteiger partial charge in [0.2, 0.25) is 0 Å². The van der Waals surface area contributed by atoms with E-state index in [1.165, 1.54) is 4.70 Å². The van der Waals surface area contributed by atoms with Crippen LogP contribution in [0.5, 0.6) is 11.5 Å². The lowest BCUT2D eigenvalue weighted by Crippen LogP contribution is -2.38. The van der Waals surface area contributed by atoms with Gasteiger partial charge in [-0.15, -0.1) is 35.3 Å². The van der Waals surface area contributed by atoms with Crippen LogP contribution in [0.3, 0.4) is 0 Å². The molecule has 0 aliphatic carbocycles. The maximum atomic E-state index is 10.6. The first-order valence-corrected chi connectivity index (χ1v) is 10.9. The smallest absolute Gasteiger partial charge is 0.191 e. The second-order valence-corrected chi connectivity index (χ2v) is 7.90. The molecule has 2 aromatic carbocycles. The molecule has 0 spiro atoms. The lowest BCUT2D eigenvalue weighted by molar-refractivity contribution is 0.191. The number of hydrogen-bond donors (Lipinski definition) is 3. The Bertz CT molecular complexity index is 960. The van der Waals surface area contributed by atoms with Crippen molar-refractivity contribution >= 4 is 51.4 Å². The summed E-state index contributed by atoms with van der Waals surface area (Å²) in [5, 5.41) is 18.3. The van der Waals surface area contributed by atoms with Crippen molar-refractivity contribution in [3.63, 3.8) is 0 Å². The predicted molar refractivity (Wildman–Crippen MR) is 139 cm³/mol. The van der Waals surface area contributed by atoms with E-state index in [4.69, 9.17) is 9.47 Å². The quantitative estimate of drug-likeness (QED) is 0.208. The molecule has 1 aromatic heterocycles. The fraction of sp³-hybridized carbons (Fsp3) is 0.348. The molecule has 0 fully saturated rings.